The number of benzene rings is 2. The van der Waals surface area contributed by atoms with E-state index >= 15 is 0 Å². The van der Waals surface area contributed by atoms with Crippen molar-refractivity contribution in [1.82, 2.24) is 0 Å². The number of aromatic hydroxyl groups is 1. The highest BCUT2D eigenvalue weighted by Gasteiger charge is 2.19. The molecule has 2 rings (SSSR count). The van der Waals surface area contributed by atoms with Gasteiger partial charge in [0.2, 0.25) is 0 Å². The van der Waals surface area contributed by atoms with Gasteiger partial charge < -0.3 is 20.3 Å². The lowest BCUT2D eigenvalue weighted by atomic mass is 10.1. The van der Waals surface area contributed by atoms with Gasteiger partial charge in [-0.1, -0.05) is 0 Å². The molecule has 3 N–H and O–H groups in total. The van der Waals surface area contributed by atoms with Crippen LogP contribution in [0.2, 0.25) is 0 Å². The molecule has 0 aliphatic heterocycles. The summed E-state index contributed by atoms with van der Waals surface area (Å²) in [6.07, 6.45) is 0.246. The molecular weight excluding hydrogens is 679 g/mol. The molecule has 6 nitrogen and oxygen atoms in total. The van der Waals surface area contributed by atoms with Crippen LogP contribution in [0.15, 0.2) is 30.3 Å². The topological polar surface area (TPSA) is 98.9 Å². The Morgan fingerprint density at radius 1 is 1.12 bits per heavy atom. The first-order valence-electron chi connectivity index (χ1n) is 7.29. The minimum absolute atomic E-state index is 0.198. The number of hydrogen-bond acceptors (Lipinski definition) is 6. The fourth-order valence-electron chi connectivity index (χ4n) is 2.05. The fourth-order valence-corrected chi connectivity index (χ4v) is 4.66. The Labute approximate surface area is 191 Å². The second-order valence-electron chi connectivity index (χ2n) is 5.33. The maximum Gasteiger partial charge on any atom is 0.330 e. The molecule has 138 valence electrons. The van der Waals surface area contributed by atoms with Crippen molar-refractivity contribution in [2.75, 3.05) is 0 Å². The standard InChI is InChI=1S/C17H14I3NO5/c1-8(22)25-17(24)14(21)6-9-4-12(19)16(13(20)5-9)26-10-2-3-15(23)11(18)7-10/h2-5,7,14,23H,6,21H2,1H3/t14-/m0/s1. The van der Waals surface area contributed by atoms with Crippen LogP contribution in [0.5, 0.6) is 17.2 Å². The van der Waals surface area contributed by atoms with Gasteiger partial charge in [0.25, 0.3) is 0 Å². The minimum atomic E-state index is -0.920. The van der Waals surface area contributed by atoms with Crippen LogP contribution in [0.3, 0.4) is 0 Å². The molecule has 0 aliphatic carbocycles. The van der Waals surface area contributed by atoms with Crippen molar-refractivity contribution in [1.29, 1.82) is 0 Å². The Kier molecular flexibility index (Phi) is 7.90. The number of phenols is 1. The zero-order chi connectivity index (χ0) is 19.4. The summed E-state index contributed by atoms with van der Waals surface area (Å²) in [7, 11) is 0. The second kappa shape index (κ2) is 9.50. The van der Waals surface area contributed by atoms with Crippen molar-refractivity contribution in [3.63, 3.8) is 0 Å². The first-order chi connectivity index (χ1) is 12.2. The van der Waals surface area contributed by atoms with Gasteiger partial charge >= 0.3 is 11.9 Å². The fraction of sp³-hybridized carbons (Fsp3) is 0.176. The summed E-state index contributed by atoms with van der Waals surface area (Å²) in [5.41, 5.74) is 6.64. The zero-order valence-electron chi connectivity index (χ0n) is 13.5. The van der Waals surface area contributed by atoms with Gasteiger partial charge in [-0.15, -0.1) is 0 Å². The van der Waals surface area contributed by atoms with Gasteiger partial charge in [-0.25, -0.2) is 4.79 Å². The Bertz CT molecular complexity index is 833. The summed E-state index contributed by atoms with van der Waals surface area (Å²) in [5, 5.41) is 9.60. The highest BCUT2D eigenvalue weighted by molar-refractivity contribution is 14.1. The van der Waals surface area contributed by atoms with Gasteiger partial charge in [0.1, 0.15) is 17.5 Å². The highest BCUT2D eigenvalue weighted by Crippen LogP contribution is 2.34. The molecule has 0 spiro atoms. The molecule has 0 unspecified atom stereocenters. The monoisotopic (exact) mass is 693 g/mol. The molecule has 9 heteroatoms. The van der Waals surface area contributed by atoms with Crippen molar-refractivity contribution < 1.29 is 24.2 Å². The summed E-state index contributed by atoms with van der Waals surface area (Å²) in [6.45, 7) is 1.16. The van der Waals surface area contributed by atoms with Gasteiger partial charge in [-0.05, 0) is 110 Å². The third kappa shape index (κ3) is 5.92. The number of carbonyl (C=O) groups excluding carboxylic acids is 2. The number of nitrogens with two attached hydrogens (primary N) is 1. The Hall–Kier alpha value is -0.670. The maximum atomic E-state index is 11.7. The predicted octanol–water partition coefficient (Wildman–Crippen LogP) is 3.96. The van der Waals surface area contributed by atoms with E-state index in [4.69, 9.17) is 10.5 Å². The number of hydrogen-bond donors (Lipinski definition) is 2. The first-order valence-corrected chi connectivity index (χ1v) is 10.5. The number of phenolic OH excluding ortho intramolecular Hbond substituents is 1. The predicted molar refractivity (Wildman–Crippen MR) is 121 cm³/mol. The van der Waals surface area contributed by atoms with Crippen LogP contribution in [0.4, 0.5) is 0 Å². The van der Waals surface area contributed by atoms with Crippen molar-refractivity contribution in [3.05, 3.63) is 46.6 Å². The van der Waals surface area contributed by atoms with Gasteiger partial charge in [-0.3, -0.25) is 4.79 Å². The lowest BCUT2D eigenvalue weighted by Gasteiger charge is -2.14. The van der Waals surface area contributed by atoms with Gasteiger partial charge in [0.15, 0.2) is 5.75 Å². The number of esters is 2. The van der Waals surface area contributed by atoms with E-state index in [1.807, 2.05) is 34.7 Å². The quantitative estimate of drug-likeness (QED) is 0.280. The van der Waals surface area contributed by atoms with Crippen LogP contribution in [-0.2, 0) is 20.7 Å². The van der Waals surface area contributed by atoms with Crippen molar-refractivity contribution >= 4 is 79.7 Å². The van der Waals surface area contributed by atoms with E-state index in [-0.39, 0.29) is 12.2 Å². The summed E-state index contributed by atoms with van der Waals surface area (Å²) >= 11 is 6.32. The first kappa shape index (κ1) is 21.6. The lowest BCUT2D eigenvalue weighted by Crippen LogP contribution is -2.35. The highest BCUT2D eigenvalue weighted by atomic mass is 127. The largest absolute Gasteiger partial charge is 0.507 e. The molecule has 26 heavy (non-hydrogen) atoms. The van der Waals surface area contributed by atoms with E-state index in [1.165, 1.54) is 0 Å². The lowest BCUT2D eigenvalue weighted by molar-refractivity contribution is -0.159. The summed E-state index contributed by atoms with van der Waals surface area (Å²) in [6, 6.07) is 7.81. The average molecular weight is 693 g/mol. The van der Waals surface area contributed by atoms with E-state index in [1.54, 1.807) is 18.2 Å². The van der Waals surface area contributed by atoms with Crippen LogP contribution in [0.1, 0.15) is 12.5 Å². The van der Waals surface area contributed by atoms with E-state index < -0.39 is 18.0 Å². The average Bonchev–Trinajstić information content (AvgIpc) is 2.53. The summed E-state index contributed by atoms with van der Waals surface area (Å²) in [5.74, 6) is 0.0568. The van der Waals surface area contributed by atoms with E-state index in [0.717, 1.165) is 19.6 Å². The molecule has 0 amide bonds. The smallest absolute Gasteiger partial charge is 0.330 e. The molecule has 0 heterocycles. The molecule has 2 aromatic rings. The van der Waals surface area contributed by atoms with E-state index in [0.29, 0.717) is 15.1 Å². The molecule has 0 radical (unpaired) electrons. The van der Waals surface area contributed by atoms with Gasteiger partial charge in [0, 0.05) is 6.92 Å². The zero-order valence-corrected chi connectivity index (χ0v) is 19.9. The minimum Gasteiger partial charge on any atom is -0.507 e. The van der Waals surface area contributed by atoms with E-state index in [2.05, 4.69) is 49.9 Å². The molecule has 0 saturated heterocycles. The third-order valence-electron chi connectivity index (χ3n) is 3.20. The summed E-state index contributed by atoms with van der Waals surface area (Å²) < 4.78 is 12.8. The van der Waals surface area contributed by atoms with Crippen molar-refractivity contribution in [3.8, 4) is 17.2 Å². The van der Waals surface area contributed by atoms with Gasteiger partial charge in [-0.2, -0.15) is 0 Å². The number of rotatable bonds is 5. The Morgan fingerprint density at radius 2 is 1.73 bits per heavy atom. The van der Waals surface area contributed by atoms with Crippen molar-refractivity contribution in [2.45, 2.75) is 19.4 Å². The van der Waals surface area contributed by atoms with Crippen LogP contribution < -0.4 is 10.5 Å². The van der Waals surface area contributed by atoms with Gasteiger partial charge in [0.05, 0.1) is 10.7 Å². The van der Waals surface area contributed by atoms with Crippen LogP contribution in [0, 0.1) is 10.7 Å². The molecular formula is C17H14I3NO5. The second-order valence-corrected chi connectivity index (χ2v) is 8.81. The van der Waals surface area contributed by atoms with Crippen molar-refractivity contribution in [2.24, 2.45) is 5.73 Å². The molecule has 0 fully saturated rings. The normalized spacial score (nSPS) is 11.7. The van der Waals surface area contributed by atoms with Crippen LogP contribution in [-0.4, -0.2) is 23.1 Å². The molecule has 2 aromatic carbocycles. The molecule has 0 aromatic heterocycles. The molecule has 0 saturated carbocycles. The van der Waals surface area contributed by atoms with Crippen LogP contribution in [0.25, 0.3) is 0 Å². The Balaban J connectivity index is 2.18. The molecule has 0 aliphatic rings. The molecule has 0 bridgehead atoms. The number of ether oxygens (including phenoxy) is 2. The SMILES string of the molecule is CC(=O)OC(=O)[C@@H](N)Cc1cc(I)c(Oc2ccc(O)c(I)c2)c(I)c1. The number of halogens is 3. The van der Waals surface area contributed by atoms with Crippen LogP contribution >= 0.6 is 67.8 Å². The summed E-state index contributed by atoms with van der Waals surface area (Å²) in [4.78, 5) is 22.5. The maximum absolute atomic E-state index is 11.7. The third-order valence-corrected chi connectivity index (χ3v) is 5.67. The van der Waals surface area contributed by atoms with E-state index in [9.17, 15) is 14.7 Å². The Morgan fingerprint density at radius 3 is 2.27 bits per heavy atom. The molecule has 1 atom stereocenters. The number of carbonyl (C=O) groups is 2.